The molecule has 1 aromatic carbocycles. The fourth-order valence-electron chi connectivity index (χ4n) is 2.80. The van der Waals surface area contributed by atoms with Crippen molar-refractivity contribution in [1.82, 2.24) is 4.98 Å². The van der Waals surface area contributed by atoms with E-state index in [9.17, 15) is 0 Å². The molecule has 1 N–H and O–H groups in total. The van der Waals surface area contributed by atoms with Crippen LogP contribution >= 0.6 is 0 Å². The maximum absolute atomic E-state index is 5.26. The average molecular weight is 333 g/mol. The summed E-state index contributed by atoms with van der Waals surface area (Å²) < 4.78 is 0. The molecule has 2 aromatic rings. The van der Waals surface area contributed by atoms with Crippen LogP contribution in [-0.4, -0.2) is 4.98 Å². The topological polar surface area (TPSA) is 15.8 Å². The number of H-pyrrole nitrogens is 1. The molecule has 0 aliphatic heterocycles. The number of hydrogen-bond donors (Lipinski definition) is 1. The van der Waals surface area contributed by atoms with Crippen molar-refractivity contribution >= 4 is 5.57 Å². The van der Waals surface area contributed by atoms with Gasteiger partial charge in [-0.3, -0.25) is 0 Å². The zero-order valence-electron chi connectivity index (χ0n) is 14.7. The number of terminal acetylenes is 1. The van der Waals surface area contributed by atoms with E-state index in [0.29, 0.717) is 0 Å². The molecule has 1 aliphatic carbocycles. The minimum atomic E-state index is 0.185. The molecular formula is C25H19N. The minimum Gasteiger partial charge on any atom is -0.360 e. The van der Waals surface area contributed by atoms with Crippen molar-refractivity contribution in [3.8, 4) is 36.0 Å². The lowest BCUT2D eigenvalue weighted by atomic mass is 9.87. The van der Waals surface area contributed by atoms with Gasteiger partial charge in [-0.1, -0.05) is 60.0 Å². The number of aromatic amines is 1. The van der Waals surface area contributed by atoms with Gasteiger partial charge in [-0.05, 0) is 49.3 Å². The van der Waals surface area contributed by atoms with Gasteiger partial charge in [-0.2, -0.15) is 0 Å². The summed E-state index contributed by atoms with van der Waals surface area (Å²) in [6.45, 7) is 1.95. The molecule has 0 saturated heterocycles. The average Bonchev–Trinajstić information content (AvgIpc) is 3.18. The third-order valence-electron chi connectivity index (χ3n) is 4.16. The van der Waals surface area contributed by atoms with E-state index in [2.05, 4.69) is 46.7 Å². The van der Waals surface area contributed by atoms with Gasteiger partial charge in [0, 0.05) is 22.9 Å². The van der Waals surface area contributed by atoms with Gasteiger partial charge in [-0.15, -0.1) is 6.42 Å². The second-order valence-electron chi connectivity index (χ2n) is 5.84. The van der Waals surface area contributed by atoms with Gasteiger partial charge < -0.3 is 4.98 Å². The Balaban J connectivity index is 1.84. The molecule has 1 heteroatoms. The van der Waals surface area contributed by atoms with E-state index in [1.165, 1.54) is 5.56 Å². The zero-order valence-corrected chi connectivity index (χ0v) is 14.7. The Bertz CT molecular complexity index is 1030. The highest BCUT2D eigenvalue weighted by molar-refractivity contribution is 5.81. The van der Waals surface area contributed by atoms with E-state index < -0.39 is 0 Å². The molecule has 1 atom stereocenters. The smallest absolute Gasteiger partial charge is 0.0581 e. The number of fused-ring (bicyclic) bond motifs is 1. The molecule has 26 heavy (non-hydrogen) atoms. The fourth-order valence-corrected chi connectivity index (χ4v) is 2.80. The minimum absolute atomic E-state index is 0.185. The Morgan fingerprint density at radius 3 is 2.81 bits per heavy atom. The Hall–Kier alpha value is -3.60. The molecule has 0 bridgehead atoms. The van der Waals surface area contributed by atoms with Gasteiger partial charge in [0.1, 0.15) is 0 Å². The Morgan fingerprint density at radius 1 is 1.19 bits per heavy atom. The first-order valence-corrected chi connectivity index (χ1v) is 8.57. The number of aromatic nitrogens is 1. The van der Waals surface area contributed by atoms with E-state index >= 15 is 0 Å². The zero-order chi connectivity index (χ0) is 18.2. The lowest BCUT2D eigenvalue weighted by Gasteiger charge is -2.15. The number of nitrogens with one attached hydrogen (secondary N) is 1. The lowest BCUT2D eigenvalue weighted by molar-refractivity contribution is 0.877. The predicted molar refractivity (Wildman–Crippen MR) is 109 cm³/mol. The quantitative estimate of drug-likeness (QED) is 0.553. The van der Waals surface area contributed by atoms with E-state index in [1.807, 2.05) is 55.6 Å². The number of allylic oxidation sites excluding steroid dienone is 6. The van der Waals surface area contributed by atoms with Crippen LogP contribution in [0.4, 0.5) is 0 Å². The molecule has 1 aromatic heterocycles. The second kappa shape index (κ2) is 8.48. The van der Waals surface area contributed by atoms with Crippen LogP contribution in [0.3, 0.4) is 0 Å². The van der Waals surface area contributed by atoms with Crippen molar-refractivity contribution in [3.63, 3.8) is 0 Å². The van der Waals surface area contributed by atoms with Crippen molar-refractivity contribution in [2.75, 3.05) is 0 Å². The van der Waals surface area contributed by atoms with E-state index in [0.717, 1.165) is 28.8 Å². The molecule has 0 radical (unpaired) electrons. The normalized spacial score (nSPS) is 15.8. The highest BCUT2D eigenvalue weighted by Crippen LogP contribution is 2.33. The summed E-state index contributed by atoms with van der Waals surface area (Å²) in [5.41, 5.74) is 5.23. The second-order valence-corrected chi connectivity index (χ2v) is 5.84. The van der Waals surface area contributed by atoms with Crippen LogP contribution in [0, 0.1) is 36.0 Å². The maximum Gasteiger partial charge on any atom is 0.0581 e. The Labute approximate surface area is 155 Å². The van der Waals surface area contributed by atoms with E-state index in [-0.39, 0.29) is 5.92 Å². The first-order valence-electron chi connectivity index (χ1n) is 8.57. The summed E-state index contributed by atoms with van der Waals surface area (Å²) >= 11 is 0. The Kier molecular flexibility index (Phi) is 5.62. The van der Waals surface area contributed by atoms with Crippen LogP contribution in [0.5, 0.6) is 0 Å². The molecule has 1 aliphatic rings. The van der Waals surface area contributed by atoms with Crippen molar-refractivity contribution in [3.05, 3.63) is 89.3 Å². The summed E-state index contributed by atoms with van der Waals surface area (Å²) in [5, 5.41) is 0. The molecule has 0 fully saturated rings. The molecule has 3 rings (SSSR count). The molecule has 124 valence electrons. The van der Waals surface area contributed by atoms with E-state index in [1.54, 1.807) is 6.08 Å². The van der Waals surface area contributed by atoms with Crippen molar-refractivity contribution in [2.24, 2.45) is 0 Å². The highest BCUT2D eigenvalue weighted by atomic mass is 14.7. The molecule has 1 nitrogen and oxygen atoms in total. The van der Waals surface area contributed by atoms with Crippen molar-refractivity contribution < 1.29 is 0 Å². The number of benzene rings is 1. The first kappa shape index (κ1) is 17.2. The van der Waals surface area contributed by atoms with Crippen molar-refractivity contribution in [1.29, 1.82) is 0 Å². The maximum atomic E-state index is 5.26. The van der Waals surface area contributed by atoms with Crippen LogP contribution in [0.1, 0.15) is 36.1 Å². The van der Waals surface area contributed by atoms with Crippen LogP contribution in [0.2, 0.25) is 0 Å². The van der Waals surface area contributed by atoms with Gasteiger partial charge in [0.2, 0.25) is 0 Å². The third-order valence-corrected chi connectivity index (χ3v) is 4.16. The molecule has 0 saturated carbocycles. The van der Waals surface area contributed by atoms with E-state index in [4.69, 9.17) is 6.42 Å². The van der Waals surface area contributed by atoms with Gasteiger partial charge in [0.05, 0.1) is 11.6 Å². The lowest BCUT2D eigenvalue weighted by Crippen LogP contribution is -2.03. The van der Waals surface area contributed by atoms with Gasteiger partial charge >= 0.3 is 0 Å². The number of rotatable bonds is 1. The largest absolute Gasteiger partial charge is 0.360 e. The summed E-state index contributed by atoms with van der Waals surface area (Å²) in [5.74, 6) is 15.8. The van der Waals surface area contributed by atoms with Crippen molar-refractivity contribution in [2.45, 2.75) is 19.3 Å². The first-order chi connectivity index (χ1) is 12.8. The van der Waals surface area contributed by atoms with Crippen LogP contribution in [-0.2, 0) is 0 Å². The number of hydrogen-bond acceptors (Lipinski definition) is 0. The summed E-state index contributed by atoms with van der Waals surface area (Å²) in [7, 11) is 0. The standard InChI is InChI=1S/C25H19N/c1-3-5-9-20(4-2)12-15-23-17-16-22(24-18-19-26-25(23)24)14-13-21-10-7-6-8-11-21/h1,4-11,17-19,22,26H,16H2,2H3/b9-5-,20-4+. The van der Waals surface area contributed by atoms with Crippen LogP contribution in [0.25, 0.3) is 5.57 Å². The van der Waals surface area contributed by atoms with Gasteiger partial charge in [0.25, 0.3) is 0 Å². The fraction of sp³-hybridized carbons (Fsp3) is 0.120. The molecule has 0 spiro atoms. The molecule has 0 amide bonds. The van der Waals surface area contributed by atoms with Crippen LogP contribution in [0.15, 0.2) is 72.5 Å². The molecule has 1 heterocycles. The predicted octanol–water partition coefficient (Wildman–Crippen LogP) is 5.08. The van der Waals surface area contributed by atoms with Gasteiger partial charge in [0.15, 0.2) is 0 Å². The summed E-state index contributed by atoms with van der Waals surface area (Å²) in [4.78, 5) is 3.31. The third kappa shape index (κ3) is 4.08. The summed E-state index contributed by atoms with van der Waals surface area (Å²) in [6, 6.07) is 12.2. The summed E-state index contributed by atoms with van der Waals surface area (Å²) in [6.07, 6.45) is 15.7. The SMILES string of the molecule is C#C/C=C\C(C#CC1=CCC(C#Cc2ccccc2)c2cc[nH]c21)=C/C. The molecular weight excluding hydrogens is 314 g/mol. The Morgan fingerprint density at radius 2 is 2.04 bits per heavy atom. The van der Waals surface area contributed by atoms with Gasteiger partial charge in [-0.25, -0.2) is 0 Å². The molecule has 1 unspecified atom stereocenters. The van der Waals surface area contributed by atoms with Crippen LogP contribution < -0.4 is 0 Å². The highest BCUT2D eigenvalue weighted by Gasteiger charge is 2.20. The monoisotopic (exact) mass is 333 g/mol.